The molecule has 2 aliphatic carbocycles. The molecule has 0 heterocycles. The fraction of sp³-hybridized carbons (Fsp3) is 1.00. The van der Waals surface area contributed by atoms with Crippen molar-refractivity contribution in [3.05, 3.63) is 0 Å². The van der Waals surface area contributed by atoms with Crippen molar-refractivity contribution in [3.63, 3.8) is 0 Å². The quantitative estimate of drug-likeness (QED) is 0.722. The summed E-state index contributed by atoms with van der Waals surface area (Å²) in [4.78, 5) is 0. The Morgan fingerprint density at radius 2 is 1.73 bits per heavy atom. The SMILES string of the molecule is CC1(C)CCC(OCC2(CS)CC2)CC1. The third-order valence-corrected chi connectivity index (χ3v) is 4.87. The van der Waals surface area contributed by atoms with Crippen LogP contribution in [0.3, 0.4) is 0 Å². The molecule has 2 rings (SSSR count). The van der Waals surface area contributed by atoms with E-state index in [1.165, 1.54) is 38.5 Å². The fourth-order valence-corrected chi connectivity index (χ4v) is 2.77. The maximum absolute atomic E-state index is 6.05. The van der Waals surface area contributed by atoms with Gasteiger partial charge < -0.3 is 4.74 Å². The molecule has 0 aromatic carbocycles. The molecule has 88 valence electrons. The Labute approximate surface area is 99.4 Å². The molecule has 0 amide bonds. The molecule has 0 atom stereocenters. The van der Waals surface area contributed by atoms with Crippen LogP contribution in [0.4, 0.5) is 0 Å². The molecule has 2 aliphatic rings. The molecular weight excluding hydrogens is 204 g/mol. The summed E-state index contributed by atoms with van der Waals surface area (Å²) in [7, 11) is 0. The predicted molar refractivity (Wildman–Crippen MR) is 67.5 cm³/mol. The monoisotopic (exact) mass is 228 g/mol. The minimum atomic E-state index is 0.468. The Bertz CT molecular complexity index is 211. The van der Waals surface area contributed by atoms with Crippen molar-refractivity contribution in [3.8, 4) is 0 Å². The van der Waals surface area contributed by atoms with E-state index < -0.39 is 0 Å². The van der Waals surface area contributed by atoms with Gasteiger partial charge in [0.1, 0.15) is 0 Å². The number of thiol groups is 1. The second-order valence-corrected chi connectivity index (χ2v) is 6.65. The van der Waals surface area contributed by atoms with Crippen LogP contribution in [0.5, 0.6) is 0 Å². The molecule has 1 nitrogen and oxygen atoms in total. The van der Waals surface area contributed by atoms with Gasteiger partial charge in [-0.25, -0.2) is 0 Å². The Balaban J connectivity index is 1.69. The van der Waals surface area contributed by atoms with E-state index in [0.29, 0.717) is 16.9 Å². The molecule has 0 N–H and O–H groups in total. The molecule has 0 saturated heterocycles. The van der Waals surface area contributed by atoms with E-state index in [4.69, 9.17) is 4.74 Å². The minimum absolute atomic E-state index is 0.468. The van der Waals surface area contributed by atoms with E-state index in [0.717, 1.165) is 12.4 Å². The Morgan fingerprint density at radius 1 is 1.13 bits per heavy atom. The standard InChI is InChI=1S/C13H24OS/c1-12(2)5-3-11(4-6-12)14-9-13(10-15)7-8-13/h11,15H,3-10H2,1-2H3. The van der Waals surface area contributed by atoms with Gasteiger partial charge in [0.15, 0.2) is 0 Å². The second kappa shape index (κ2) is 4.29. The maximum Gasteiger partial charge on any atom is 0.0575 e. The highest BCUT2D eigenvalue weighted by Crippen LogP contribution is 2.47. The van der Waals surface area contributed by atoms with Crippen LogP contribution >= 0.6 is 12.6 Å². The average Bonchev–Trinajstić information content (AvgIpc) is 2.97. The van der Waals surface area contributed by atoms with Crippen molar-refractivity contribution in [1.29, 1.82) is 0 Å². The van der Waals surface area contributed by atoms with Crippen LogP contribution in [-0.4, -0.2) is 18.5 Å². The molecule has 0 bridgehead atoms. The van der Waals surface area contributed by atoms with Crippen LogP contribution in [-0.2, 0) is 4.74 Å². The molecule has 15 heavy (non-hydrogen) atoms. The lowest BCUT2D eigenvalue weighted by Crippen LogP contribution is -2.28. The number of ether oxygens (including phenoxy) is 1. The summed E-state index contributed by atoms with van der Waals surface area (Å²) in [6, 6.07) is 0. The summed E-state index contributed by atoms with van der Waals surface area (Å²) in [5.41, 5.74) is 1.02. The maximum atomic E-state index is 6.05. The van der Waals surface area contributed by atoms with Crippen LogP contribution in [0.15, 0.2) is 0 Å². The second-order valence-electron chi connectivity index (χ2n) is 6.33. The third-order valence-electron chi connectivity index (χ3n) is 4.20. The van der Waals surface area contributed by atoms with E-state index in [2.05, 4.69) is 26.5 Å². The van der Waals surface area contributed by atoms with Crippen molar-refractivity contribution in [2.24, 2.45) is 10.8 Å². The Morgan fingerprint density at radius 3 is 2.20 bits per heavy atom. The highest BCUT2D eigenvalue weighted by Gasteiger charge is 2.42. The van der Waals surface area contributed by atoms with Gasteiger partial charge in [-0.15, -0.1) is 0 Å². The molecule has 2 heteroatoms. The zero-order valence-corrected chi connectivity index (χ0v) is 11.0. The largest absolute Gasteiger partial charge is 0.378 e. The van der Waals surface area contributed by atoms with Crippen molar-refractivity contribution in [1.82, 2.24) is 0 Å². The highest BCUT2D eigenvalue weighted by molar-refractivity contribution is 7.80. The van der Waals surface area contributed by atoms with Crippen molar-refractivity contribution < 1.29 is 4.74 Å². The summed E-state index contributed by atoms with van der Waals surface area (Å²) in [5, 5.41) is 0. The number of rotatable bonds is 4. The lowest BCUT2D eigenvalue weighted by molar-refractivity contribution is -0.0135. The van der Waals surface area contributed by atoms with Crippen LogP contribution in [0.1, 0.15) is 52.4 Å². The van der Waals surface area contributed by atoms with E-state index >= 15 is 0 Å². The molecule has 0 aromatic heterocycles. The van der Waals surface area contributed by atoms with Gasteiger partial charge in [-0.1, -0.05) is 13.8 Å². The molecular formula is C13H24OS. The van der Waals surface area contributed by atoms with Gasteiger partial charge in [0, 0.05) is 5.41 Å². The lowest BCUT2D eigenvalue weighted by atomic mass is 9.76. The molecule has 0 aliphatic heterocycles. The first-order valence-electron chi connectivity index (χ1n) is 6.28. The van der Waals surface area contributed by atoms with E-state index in [9.17, 15) is 0 Å². The van der Waals surface area contributed by atoms with Crippen LogP contribution in [0.2, 0.25) is 0 Å². The van der Waals surface area contributed by atoms with Gasteiger partial charge in [-0.3, -0.25) is 0 Å². The van der Waals surface area contributed by atoms with Gasteiger partial charge in [-0.05, 0) is 49.7 Å². The third kappa shape index (κ3) is 3.13. The zero-order chi connectivity index (χ0) is 10.9. The first-order valence-corrected chi connectivity index (χ1v) is 6.91. The minimum Gasteiger partial charge on any atom is -0.378 e. The molecule has 2 saturated carbocycles. The van der Waals surface area contributed by atoms with Crippen LogP contribution in [0, 0.1) is 10.8 Å². The van der Waals surface area contributed by atoms with Crippen molar-refractivity contribution >= 4 is 12.6 Å². The fourth-order valence-electron chi connectivity index (χ4n) is 2.36. The van der Waals surface area contributed by atoms with E-state index in [-0.39, 0.29) is 0 Å². The molecule has 2 fully saturated rings. The summed E-state index contributed by atoms with van der Waals surface area (Å²) < 4.78 is 6.05. The van der Waals surface area contributed by atoms with Gasteiger partial charge >= 0.3 is 0 Å². The molecule has 0 unspecified atom stereocenters. The Kier molecular flexibility index (Phi) is 3.37. The summed E-state index contributed by atoms with van der Waals surface area (Å²) in [6.45, 7) is 5.71. The van der Waals surface area contributed by atoms with Gasteiger partial charge in [0.05, 0.1) is 12.7 Å². The zero-order valence-electron chi connectivity index (χ0n) is 10.1. The van der Waals surface area contributed by atoms with Crippen molar-refractivity contribution in [2.75, 3.05) is 12.4 Å². The summed E-state index contributed by atoms with van der Waals surface area (Å²) >= 11 is 4.41. The van der Waals surface area contributed by atoms with Gasteiger partial charge in [0.2, 0.25) is 0 Å². The Hall–Kier alpha value is 0.310. The molecule has 0 radical (unpaired) electrons. The number of hydrogen-bond donors (Lipinski definition) is 1. The topological polar surface area (TPSA) is 9.23 Å². The predicted octanol–water partition coefficient (Wildman–Crippen LogP) is 3.68. The van der Waals surface area contributed by atoms with E-state index in [1.54, 1.807) is 0 Å². The highest BCUT2D eigenvalue weighted by atomic mass is 32.1. The van der Waals surface area contributed by atoms with Gasteiger partial charge in [-0.2, -0.15) is 12.6 Å². The smallest absolute Gasteiger partial charge is 0.0575 e. The van der Waals surface area contributed by atoms with Crippen LogP contribution in [0.25, 0.3) is 0 Å². The normalized spacial score (nSPS) is 29.0. The van der Waals surface area contributed by atoms with Crippen LogP contribution < -0.4 is 0 Å². The first-order chi connectivity index (χ1) is 7.05. The lowest BCUT2D eigenvalue weighted by Gasteiger charge is -2.34. The van der Waals surface area contributed by atoms with Crippen molar-refractivity contribution in [2.45, 2.75) is 58.5 Å². The molecule has 0 spiro atoms. The first kappa shape index (κ1) is 11.8. The molecule has 0 aromatic rings. The average molecular weight is 228 g/mol. The van der Waals surface area contributed by atoms with Gasteiger partial charge in [0.25, 0.3) is 0 Å². The number of hydrogen-bond acceptors (Lipinski definition) is 2. The summed E-state index contributed by atoms with van der Waals surface area (Å²) in [6.07, 6.45) is 8.36. The summed E-state index contributed by atoms with van der Waals surface area (Å²) in [5.74, 6) is 1.01. The van der Waals surface area contributed by atoms with E-state index in [1.807, 2.05) is 0 Å².